The molecule has 3 nitrogen and oxygen atoms in total. The predicted octanol–water partition coefficient (Wildman–Crippen LogP) is 3.91. The number of Topliss-reactive ketones (excluding diaryl/α,β-unsaturated/α-hetero) is 1. The van der Waals surface area contributed by atoms with Gasteiger partial charge >= 0.3 is 5.97 Å². The number of benzene rings is 3. The highest BCUT2D eigenvalue weighted by Gasteiger charge is 2.52. The fraction of sp³-hybridized carbons (Fsp3) is 0.143. The third-order valence-corrected chi connectivity index (χ3v) is 4.72. The molecule has 0 bridgehead atoms. The lowest BCUT2D eigenvalue weighted by Gasteiger charge is -2.24. The summed E-state index contributed by atoms with van der Waals surface area (Å²) >= 11 is 0. The van der Waals surface area contributed by atoms with E-state index in [1.807, 2.05) is 66.7 Å². The summed E-state index contributed by atoms with van der Waals surface area (Å²) in [6.45, 7) is 0.271. The van der Waals surface area contributed by atoms with Crippen LogP contribution in [-0.4, -0.2) is 18.4 Å². The number of hydrogen-bond acceptors (Lipinski definition) is 3. The zero-order chi connectivity index (χ0) is 16.6. The van der Waals surface area contributed by atoms with Crippen molar-refractivity contribution >= 4 is 22.5 Å². The van der Waals surface area contributed by atoms with Gasteiger partial charge in [0.1, 0.15) is 0 Å². The molecule has 0 spiro atoms. The zero-order valence-electron chi connectivity index (χ0n) is 13.1. The average Bonchev–Trinajstić information content (AvgIpc) is 3.04. The van der Waals surface area contributed by atoms with Crippen LogP contribution in [0.2, 0.25) is 0 Å². The Labute approximate surface area is 139 Å². The molecular formula is C21H16O3. The van der Waals surface area contributed by atoms with E-state index in [1.54, 1.807) is 6.07 Å². The second-order valence-electron chi connectivity index (χ2n) is 6.05. The molecule has 0 amide bonds. The van der Waals surface area contributed by atoms with E-state index in [0.29, 0.717) is 17.5 Å². The summed E-state index contributed by atoms with van der Waals surface area (Å²) in [6.07, 6.45) is 0.376. The van der Waals surface area contributed by atoms with E-state index in [-0.39, 0.29) is 12.4 Å². The van der Waals surface area contributed by atoms with Crippen molar-refractivity contribution in [3.63, 3.8) is 0 Å². The minimum atomic E-state index is -1.23. The van der Waals surface area contributed by atoms with Gasteiger partial charge in [-0.1, -0.05) is 66.7 Å². The Bertz CT molecular complexity index is 930. The third kappa shape index (κ3) is 2.13. The van der Waals surface area contributed by atoms with Gasteiger partial charge in [-0.05, 0) is 22.4 Å². The number of hydrogen-bond donors (Lipinski definition) is 0. The molecule has 1 heterocycles. The monoisotopic (exact) mass is 316 g/mol. The Kier molecular flexibility index (Phi) is 3.42. The molecule has 0 aliphatic carbocycles. The van der Waals surface area contributed by atoms with Crippen molar-refractivity contribution in [3.05, 3.63) is 83.9 Å². The quantitative estimate of drug-likeness (QED) is 0.418. The van der Waals surface area contributed by atoms with Gasteiger partial charge in [-0.3, -0.25) is 9.59 Å². The first-order valence-corrected chi connectivity index (χ1v) is 7.98. The lowest BCUT2D eigenvalue weighted by Crippen LogP contribution is -2.40. The molecule has 0 radical (unpaired) electrons. The van der Waals surface area contributed by atoms with Crippen molar-refractivity contribution in [2.24, 2.45) is 0 Å². The molecule has 0 aromatic heterocycles. The predicted molar refractivity (Wildman–Crippen MR) is 92.0 cm³/mol. The summed E-state index contributed by atoms with van der Waals surface area (Å²) in [7, 11) is 0. The first-order valence-electron chi connectivity index (χ1n) is 7.98. The highest BCUT2D eigenvalue weighted by molar-refractivity contribution is 6.18. The Balaban J connectivity index is 1.86. The Morgan fingerprint density at radius 3 is 2.29 bits per heavy atom. The number of fused-ring (bicyclic) bond motifs is 1. The summed E-state index contributed by atoms with van der Waals surface area (Å²) in [6, 6.07) is 22.6. The fourth-order valence-corrected chi connectivity index (χ4v) is 3.42. The molecule has 1 aliphatic rings. The summed E-state index contributed by atoms with van der Waals surface area (Å²) < 4.78 is 5.19. The number of esters is 1. The van der Waals surface area contributed by atoms with Gasteiger partial charge in [0.2, 0.25) is 0 Å². The lowest BCUT2D eigenvalue weighted by molar-refractivity contribution is -0.141. The van der Waals surface area contributed by atoms with Crippen molar-refractivity contribution in [1.82, 2.24) is 0 Å². The molecule has 0 saturated carbocycles. The maximum Gasteiger partial charge on any atom is 0.324 e. The van der Waals surface area contributed by atoms with Crippen LogP contribution in [0.5, 0.6) is 0 Å². The topological polar surface area (TPSA) is 43.4 Å². The van der Waals surface area contributed by atoms with Gasteiger partial charge in [-0.2, -0.15) is 0 Å². The van der Waals surface area contributed by atoms with Gasteiger partial charge < -0.3 is 4.74 Å². The smallest absolute Gasteiger partial charge is 0.324 e. The van der Waals surface area contributed by atoms with Crippen LogP contribution in [0.3, 0.4) is 0 Å². The molecule has 3 heteroatoms. The van der Waals surface area contributed by atoms with Crippen LogP contribution >= 0.6 is 0 Å². The summed E-state index contributed by atoms with van der Waals surface area (Å²) in [5, 5.41) is 2.05. The molecule has 1 saturated heterocycles. The van der Waals surface area contributed by atoms with Crippen LogP contribution in [0.1, 0.15) is 22.3 Å². The average molecular weight is 316 g/mol. The largest absolute Gasteiger partial charge is 0.465 e. The van der Waals surface area contributed by atoms with E-state index in [0.717, 1.165) is 10.8 Å². The van der Waals surface area contributed by atoms with Crippen molar-refractivity contribution in [2.75, 3.05) is 6.61 Å². The molecule has 1 atom stereocenters. The van der Waals surface area contributed by atoms with Crippen LogP contribution in [0, 0.1) is 0 Å². The molecule has 0 N–H and O–H groups in total. The SMILES string of the molecule is O=C1OCC[C@]1(C(=O)c1ccc2ccccc2c1)c1ccccc1. The molecule has 1 aliphatic heterocycles. The van der Waals surface area contributed by atoms with Gasteiger partial charge in [0.25, 0.3) is 0 Å². The Morgan fingerprint density at radius 2 is 1.58 bits per heavy atom. The highest BCUT2D eigenvalue weighted by Crippen LogP contribution is 2.38. The third-order valence-electron chi connectivity index (χ3n) is 4.72. The molecule has 118 valence electrons. The molecule has 24 heavy (non-hydrogen) atoms. The number of rotatable bonds is 3. The molecule has 1 fully saturated rings. The van der Waals surface area contributed by atoms with E-state index >= 15 is 0 Å². The van der Waals surface area contributed by atoms with Gasteiger partial charge in [0, 0.05) is 12.0 Å². The minimum Gasteiger partial charge on any atom is -0.465 e. The van der Waals surface area contributed by atoms with E-state index in [1.165, 1.54) is 0 Å². The first kappa shape index (κ1) is 14.6. The van der Waals surface area contributed by atoms with E-state index in [4.69, 9.17) is 4.74 Å². The zero-order valence-corrected chi connectivity index (χ0v) is 13.1. The van der Waals surface area contributed by atoms with E-state index in [2.05, 4.69) is 0 Å². The van der Waals surface area contributed by atoms with Crippen LogP contribution < -0.4 is 0 Å². The van der Waals surface area contributed by atoms with Crippen molar-refractivity contribution < 1.29 is 14.3 Å². The molecule has 3 aromatic rings. The van der Waals surface area contributed by atoms with Crippen molar-refractivity contribution in [2.45, 2.75) is 11.8 Å². The van der Waals surface area contributed by atoms with Gasteiger partial charge in [-0.25, -0.2) is 0 Å². The second kappa shape index (κ2) is 5.60. The molecule has 0 unspecified atom stereocenters. The van der Waals surface area contributed by atoms with Crippen LogP contribution in [0.15, 0.2) is 72.8 Å². The highest BCUT2D eigenvalue weighted by atomic mass is 16.5. The molecule has 3 aromatic carbocycles. The maximum absolute atomic E-state index is 13.3. The van der Waals surface area contributed by atoms with Crippen LogP contribution in [0.25, 0.3) is 10.8 Å². The number of carbonyl (C=O) groups excluding carboxylic acids is 2. The van der Waals surface area contributed by atoms with Crippen LogP contribution in [0.4, 0.5) is 0 Å². The van der Waals surface area contributed by atoms with Gasteiger partial charge in [0.05, 0.1) is 6.61 Å². The van der Waals surface area contributed by atoms with Gasteiger partial charge in [-0.15, -0.1) is 0 Å². The maximum atomic E-state index is 13.3. The van der Waals surface area contributed by atoms with E-state index < -0.39 is 11.4 Å². The standard InChI is InChI=1S/C21H16O3/c22-19(17-11-10-15-6-4-5-7-16(15)14-17)21(12-13-24-20(21)23)18-8-2-1-3-9-18/h1-11,14H,12-13H2/t21-/m1/s1. The normalized spacial score (nSPS) is 20.1. The number of cyclic esters (lactones) is 1. The Hall–Kier alpha value is -2.94. The minimum absolute atomic E-state index is 0.193. The molecular weight excluding hydrogens is 300 g/mol. The van der Waals surface area contributed by atoms with Gasteiger partial charge in [0.15, 0.2) is 11.2 Å². The summed E-state index contributed by atoms with van der Waals surface area (Å²) in [4.78, 5) is 25.9. The molecule has 4 rings (SSSR count). The van der Waals surface area contributed by atoms with Crippen LogP contribution in [-0.2, 0) is 14.9 Å². The van der Waals surface area contributed by atoms with Crippen molar-refractivity contribution in [3.8, 4) is 0 Å². The lowest BCUT2D eigenvalue weighted by atomic mass is 9.73. The summed E-state index contributed by atoms with van der Waals surface area (Å²) in [5.41, 5.74) is 0.00560. The van der Waals surface area contributed by atoms with Crippen molar-refractivity contribution in [1.29, 1.82) is 0 Å². The fourth-order valence-electron chi connectivity index (χ4n) is 3.42. The van der Waals surface area contributed by atoms with E-state index in [9.17, 15) is 9.59 Å². The Morgan fingerprint density at radius 1 is 0.875 bits per heavy atom. The first-order chi connectivity index (χ1) is 11.7. The summed E-state index contributed by atoms with van der Waals surface area (Å²) in [5.74, 6) is -0.645. The number of ether oxygens (including phenoxy) is 1. The number of carbonyl (C=O) groups is 2. The second-order valence-corrected chi connectivity index (χ2v) is 6.05. The number of ketones is 1.